The number of aliphatic imine (C=N–C) groups is 1. The molecule has 1 aliphatic heterocycles. The van der Waals surface area contributed by atoms with E-state index in [1.807, 2.05) is 24.4 Å². The summed E-state index contributed by atoms with van der Waals surface area (Å²) in [5, 5.41) is 26.7. The van der Waals surface area contributed by atoms with E-state index in [1.54, 1.807) is 12.3 Å². The van der Waals surface area contributed by atoms with Gasteiger partial charge in [0, 0.05) is 31.1 Å². The number of unbranched alkanes of at least 4 members (excludes halogenated alkanes) is 1. The Morgan fingerprint density at radius 1 is 1.18 bits per heavy atom. The van der Waals surface area contributed by atoms with E-state index in [0.29, 0.717) is 31.3 Å². The van der Waals surface area contributed by atoms with Crippen LogP contribution in [0.2, 0.25) is 0 Å². The fourth-order valence-corrected chi connectivity index (χ4v) is 5.26. The number of carbonyl (C=O) groups is 1. The third-order valence-corrected chi connectivity index (χ3v) is 7.32. The first-order valence-corrected chi connectivity index (χ1v) is 14.1. The number of aromatic nitrogens is 2. The van der Waals surface area contributed by atoms with Crippen molar-refractivity contribution < 1.29 is 15.0 Å². The molecular formula is C29H44N6O4. The summed E-state index contributed by atoms with van der Waals surface area (Å²) < 4.78 is 0. The predicted molar refractivity (Wildman–Crippen MR) is 155 cm³/mol. The van der Waals surface area contributed by atoms with Gasteiger partial charge in [0.2, 0.25) is 5.56 Å². The minimum atomic E-state index is -1.00. The van der Waals surface area contributed by atoms with Gasteiger partial charge >= 0.3 is 5.97 Å². The van der Waals surface area contributed by atoms with Crippen LogP contribution in [0.25, 0.3) is 0 Å². The summed E-state index contributed by atoms with van der Waals surface area (Å²) in [6.45, 7) is 2.66. The van der Waals surface area contributed by atoms with Crippen LogP contribution < -0.4 is 21.9 Å². The lowest BCUT2D eigenvalue weighted by Gasteiger charge is -2.32. The van der Waals surface area contributed by atoms with E-state index < -0.39 is 5.97 Å². The SMILES string of the molecule is CCCC[C@H](O)CCC[C@H](CC[C@@H](Nc1ccc[nH]1)/C(=C/C(=O)O)[C@H]1CCN=C(N)N1)Cc1ccc(=O)[nH]c1. The van der Waals surface area contributed by atoms with Gasteiger partial charge in [0.25, 0.3) is 0 Å². The van der Waals surface area contributed by atoms with Crippen molar-refractivity contribution >= 4 is 17.7 Å². The maximum Gasteiger partial charge on any atom is 0.328 e. The Kier molecular flexibility index (Phi) is 12.1. The smallest absolute Gasteiger partial charge is 0.328 e. The first kappa shape index (κ1) is 30.0. The predicted octanol–water partition coefficient (Wildman–Crippen LogP) is 3.53. The van der Waals surface area contributed by atoms with Crippen molar-refractivity contribution in [2.24, 2.45) is 16.6 Å². The number of aliphatic hydroxyl groups excluding tert-OH is 1. The van der Waals surface area contributed by atoms with E-state index in [1.165, 1.54) is 6.08 Å². The van der Waals surface area contributed by atoms with Crippen LogP contribution in [-0.4, -0.2) is 56.8 Å². The van der Waals surface area contributed by atoms with Crippen molar-refractivity contribution in [3.8, 4) is 0 Å². The molecule has 2 aromatic heterocycles. The highest BCUT2D eigenvalue weighted by molar-refractivity contribution is 5.83. The topological polar surface area (TPSA) is 169 Å². The van der Waals surface area contributed by atoms with E-state index in [-0.39, 0.29) is 23.7 Å². The highest BCUT2D eigenvalue weighted by Crippen LogP contribution is 2.27. The zero-order chi connectivity index (χ0) is 28.0. The van der Waals surface area contributed by atoms with Crippen LogP contribution in [0.5, 0.6) is 0 Å². The molecule has 0 saturated carbocycles. The van der Waals surface area contributed by atoms with E-state index in [2.05, 4.69) is 32.5 Å². The molecule has 0 spiro atoms. The number of nitrogens with two attached hydrogens (primary N) is 1. The highest BCUT2D eigenvalue weighted by atomic mass is 16.4. The van der Waals surface area contributed by atoms with Gasteiger partial charge < -0.3 is 36.5 Å². The molecule has 214 valence electrons. The molecule has 3 rings (SSSR count). The Labute approximate surface area is 230 Å². The van der Waals surface area contributed by atoms with Crippen molar-refractivity contribution in [3.05, 3.63) is 64.2 Å². The number of rotatable bonds is 17. The molecule has 3 heterocycles. The van der Waals surface area contributed by atoms with E-state index in [0.717, 1.165) is 68.3 Å². The molecule has 0 aliphatic carbocycles. The van der Waals surface area contributed by atoms with Gasteiger partial charge in [-0.05, 0) is 67.7 Å². The number of carboxylic acid groups (broad SMARTS) is 1. The van der Waals surface area contributed by atoms with Crippen LogP contribution in [0.3, 0.4) is 0 Å². The summed E-state index contributed by atoms with van der Waals surface area (Å²) in [6.07, 6.45) is 13.1. The average Bonchev–Trinajstić information content (AvgIpc) is 3.42. The average molecular weight is 541 g/mol. The second-order valence-corrected chi connectivity index (χ2v) is 10.5. The van der Waals surface area contributed by atoms with Gasteiger partial charge in [-0.2, -0.15) is 0 Å². The molecular weight excluding hydrogens is 496 g/mol. The largest absolute Gasteiger partial charge is 0.478 e. The number of aliphatic carboxylic acids is 1. The number of guanidine groups is 1. The lowest BCUT2D eigenvalue weighted by Crippen LogP contribution is -2.48. The van der Waals surface area contributed by atoms with Crippen molar-refractivity contribution in [2.45, 2.75) is 89.3 Å². The third kappa shape index (κ3) is 10.6. The van der Waals surface area contributed by atoms with Gasteiger partial charge in [0.15, 0.2) is 5.96 Å². The summed E-state index contributed by atoms with van der Waals surface area (Å²) in [6, 6.07) is 6.73. The fraction of sp³-hybridized carbons (Fsp3) is 0.552. The summed E-state index contributed by atoms with van der Waals surface area (Å²) in [5.41, 5.74) is 7.61. The summed E-state index contributed by atoms with van der Waals surface area (Å²) in [5.74, 6) is 0.417. The zero-order valence-electron chi connectivity index (χ0n) is 22.9. The van der Waals surface area contributed by atoms with Gasteiger partial charge in [-0.3, -0.25) is 9.79 Å². The zero-order valence-corrected chi connectivity index (χ0v) is 22.9. The Bertz CT molecular complexity index is 1110. The number of anilines is 1. The molecule has 0 aromatic carbocycles. The number of aliphatic hydroxyl groups is 1. The molecule has 1 aliphatic rings. The quantitative estimate of drug-likeness (QED) is 0.151. The van der Waals surface area contributed by atoms with Crippen LogP contribution >= 0.6 is 0 Å². The van der Waals surface area contributed by atoms with Crippen molar-refractivity contribution in [1.82, 2.24) is 15.3 Å². The van der Waals surface area contributed by atoms with Gasteiger partial charge in [-0.15, -0.1) is 0 Å². The van der Waals surface area contributed by atoms with Crippen LogP contribution in [-0.2, 0) is 11.2 Å². The van der Waals surface area contributed by atoms with Gasteiger partial charge in [-0.1, -0.05) is 38.7 Å². The van der Waals surface area contributed by atoms with Crippen LogP contribution in [0.1, 0.15) is 70.3 Å². The monoisotopic (exact) mass is 540 g/mol. The van der Waals surface area contributed by atoms with Gasteiger partial charge in [0.1, 0.15) is 5.82 Å². The molecule has 0 radical (unpaired) electrons. The molecule has 10 nitrogen and oxygen atoms in total. The molecule has 0 bridgehead atoms. The molecule has 2 aromatic rings. The number of aromatic amines is 2. The molecule has 0 unspecified atom stereocenters. The number of nitrogens with one attached hydrogen (secondary N) is 4. The number of hydrogen-bond donors (Lipinski definition) is 7. The minimum absolute atomic E-state index is 0.129. The van der Waals surface area contributed by atoms with Crippen molar-refractivity contribution in [3.63, 3.8) is 0 Å². The maximum absolute atomic E-state index is 11.9. The molecule has 39 heavy (non-hydrogen) atoms. The normalized spacial score (nSPS) is 18.1. The molecule has 8 N–H and O–H groups in total. The Morgan fingerprint density at radius 3 is 2.67 bits per heavy atom. The van der Waals surface area contributed by atoms with E-state index >= 15 is 0 Å². The molecule has 0 fully saturated rings. The second kappa shape index (κ2) is 15.8. The number of hydrogen-bond acceptors (Lipinski definition) is 7. The van der Waals surface area contributed by atoms with Crippen LogP contribution in [0, 0.1) is 5.92 Å². The standard InChI is InChI=1S/C29H44N6O4/c1-2-3-7-22(36)8-4-6-20(17-21-11-13-27(37)33-19-21)10-12-24(34-26-9-5-15-31-26)23(18-28(38)39)25-14-16-32-29(30)35-25/h5,9,11,13,15,18-20,22,24-25,31,34,36H,2-4,6-8,10,12,14,16-17H2,1H3,(H,33,37)(H,38,39)(H3,30,32,35)/b23-18-/t20-,22+,24-,25-/m1/s1. The maximum atomic E-state index is 11.9. The number of carboxylic acids is 1. The summed E-state index contributed by atoms with van der Waals surface area (Å²) in [7, 11) is 0. The lowest BCUT2D eigenvalue weighted by atomic mass is 9.85. The Hall–Kier alpha value is -3.53. The van der Waals surface area contributed by atoms with Crippen LogP contribution in [0.15, 0.2) is 58.1 Å². The van der Waals surface area contributed by atoms with Gasteiger partial charge in [0.05, 0.1) is 18.2 Å². The Morgan fingerprint density at radius 2 is 2.00 bits per heavy atom. The molecule has 4 atom stereocenters. The third-order valence-electron chi connectivity index (χ3n) is 7.32. The van der Waals surface area contributed by atoms with E-state index in [4.69, 9.17) is 5.73 Å². The van der Waals surface area contributed by atoms with Gasteiger partial charge in [-0.25, -0.2) is 4.79 Å². The molecule has 10 heteroatoms. The summed E-state index contributed by atoms with van der Waals surface area (Å²) >= 11 is 0. The second-order valence-electron chi connectivity index (χ2n) is 10.5. The fourth-order valence-electron chi connectivity index (χ4n) is 5.26. The highest BCUT2D eigenvalue weighted by Gasteiger charge is 2.27. The molecule has 0 amide bonds. The first-order valence-electron chi connectivity index (χ1n) is 14.1. The lowest BCUT2D eigenvalue weighted by molar-refractivity contribution is -0.131. The Balaban J connectivity index is 1.77. The molecule has 0 saturated heterocycles. The van der Waals surface area contributed by atoms with Crippen LogP contribution in [0.4, 0.5) is 5.82 Å². The minimum Gasteiger partial charge on any atom is -0.478 e. The number of nitrogens with zero attached hydrogens (tertiary/aromatic N) is 1. The number of pyridine rings is 1. The first-order chi connectivity index (χ1) is 18.8. The number of H-pyrrole nitrogens is 2. The summed E-state index contributed by atoms with van der Waals surface area (Å²) in [4.78, 5) is 33.6. The van der Waals surface area contributed by atoms with Crippen molar-refractivity contribution in [2.75, 3.05) is 11.9 Å². The van der Waals surface area contributed by atoms with Crippen molar-refractivity contribution in [1.29, 1.82) is 0 Å². The van der Waals surface area contributed by atoms with E-state index in [9.17, 15) is 19.8 Å².